The van der Waals surface area contributed by atoms with E-state index in [2.05, 4.69) is 37.0 Å². The molecule has 2 aromatic rings. The fourth-order valence-corrected chi connectivity index (χ4v) is 3.04. The predicted molar refractivity (Wildman–Crippen MR) is 89.8 cm³/mol. The lowest BCUT2D eigenvalue weighted by atomic mass is 10.00. The average molecular weight is 327 g/mol. The van der Waals surface area contributed by atoms with E-state index in [-0.39, 0.29) is 12.0 Å². The number of nitrogens with zero attached hydrogens (tertiary/aromatic N) is 1. The van der Waals surface area contributed by atoms with Gasteiger partial charge < -0.3 is 20.4 Å². The standard InChI is InChI=1S/C18H21N3O3/c1-11-3-4-14(12(2)7-11)16-10-21(5-6-24-16)18(23)15-8-13(9-20-15)17(19)22/h3-4,7-9,16,20H,5-6,10H2,1-2H3,(H2,19,22). The van der Waals surface area contributed by atoms with Gasteiger partial charge in [0.1, 0.15) is 11.8 Å². The Morgan fingerprint density at radius 2 is 2.08 bits per heavy atom. The molecular formula is C18H21N3O3. The third-order valence-corrected chi connectivity index (χ3v) is 4.32. The minimum absolute atomic E-state index is 0.145. The summed E-state index contributed by atoms with van der Waals surface area (Å²) in [5.74, 6) is -0.707. The first kappa shape index (κ1) is 16.3. The van der Waals surface area contributed by atoms with Crippen molar-refractivity contribution in [3.63, 3.8) is 0 Å². The molecule has 3 N–H and O–H groups in total. The number of hydrogen-bond donors (Lipinski definition) is 2. The second-order valence-electron chi connectivity index (χ2n) is 6.14. The molecule has 1 unspecified atom stereocenters. The number of rotatable bonds is 3. The van der Waals surface area contributed by atoms with Gasteiger partial charge in [0, 0.05) is 12.7 Å². The molecule has 6 nitrogen and oxygen atoms in total. The Labute approximate surface area is 140 Å². The molecule has 0 radical (unpaired) electrons. The van der Waals surface area contributed by atoms with Gasteiger partial charge in [0.05, 0.1) is 18.7 Å². The maximum absolute atomic E-state index is 12.6. The molecule has 1 saturated heterocycles. The Kier molecular flexibility index (Phi) is 4.40. The highest BCUT2D eigenvalue weighted by molar-refractivity contribution is 5.98. The van der Waals surface area contributed by atoms with Crippen molar-refractivity contribution < 1.29 is 14.3 Å². The second kappa shape index (κ2) is 6.49. The van der Waals surface area contributed by atoms with Gasteiger partial charge in [0.15, 0.2) is 0 Å². The minimum Gasteiger partial charge on any atom is -0.370 e. The van der Waals surface area contributed by atoms with Crippen LogP contribution in [0.3, 0.4) is 0 Å². The smallest absolute Gasteiger partial charge is 0.270 e. The number of morpholine rings is 1. The lowest BCUT2D eigenvalue weighted by molar-refractivity contribution is -0.0232. The Morgan fingerprint density at radius 1 is 1.29 bits per heavy atom. The number of nitrogens with two attached hydrogens (primary N) is 1. The monoisotopic (exact) mass is 327 g/mol. The summed E-state index contributed by atoms with van der Waals surface area (Å²) in [5, 5.41) is 0. The van der Waals surface area contributed by atoms with Crippen molar-refractivity contribution in [1.29, 1.82) is 0 Å². The number of aromatic nitrogens is 1. The van der Waals surface area contributed by atoms with Crippen molar-refractivity contribution in [2.24, 2.45) is 5.73 Å². The number of H-pyrrole nitrogens is 1. The number of carbonyl (C=O) groups is 2. The van der Waals surface area contributed by atoms with E-state index in [1.165, 1.54) is 17.8 Å². The number of aryl methyl sites for hydroxylation is 2. The molecule has 2 amide bonds. The van der Waals surface area contributed by atoms with E-state index in [0.717, 1.165) is 11.1 Å². The van der Waals surface area contributed by atoms with Crippen molar-refractivity contribution in [3.05, 3.63) is 58.4 Å². The van der Waals surface area contributed by atoms with Crippen molar-refractivity contribution in [2.75, 3.05) is 19.7 Å². The summed E-state index contributed by atoms with van der Waals surface area (Å²) in [6, 6.07) is 7.72. The summed E-state index contributed by atoms with van der Waals surface area (Å²) in [5.41, 5.74) is 9.35. The number of amides is 2. The van der Waals surface area contributed by atoms with Crippen molar-refractivity contribution in [3.8, 4) is 0 Å². The van der Waals surface area contributed by atoms with Crippen LogP contribution in [-0.2, 0) is 4.74 Å². The van der Waals surface area contributed by atoms with Crippen molar-refractivity contribution in [2.45, 2.75) is 20.0 Å². The molecule has 1 aromatic heterocycles. The fraction of sp³-hybridized carbons (Fsp3) is 0.333. The van der Waals surface area contributed by atoms with Crippen LogP contribution in [0.15, 0.2) is 30.5 Å². The molecule has 1 fully saturated rings. The van der Waals surface area contributed by atoms with Crippen LogP contribution in [0, 0.1) is 13.8 Å². The maximum Gasteiger partial charge on any atom is 0.270 e. The first-order chi connectivity index (χ1) is 11.5. The van der Waals surface area contributed by atoms with Gasteiger partial charge in [-0.1, -0.05) is 23.8 Å². The summed E-state index contributed by atoms with van der Waals surface area (Å²) in [6.45, 7) is 5.58. The zero-order valence-corrected chi connectivity index (χ0v) is 13.8. The SMILES string of the molecule is Cc1ccc(C2CN(C(=O)c3cc(C(N)=O)c[nH]3)CCO2)c(C)c1. The average Bonchev–Trinajstić information content (AvgIpc) is 3.04. The van der Waals surface area contributed by atoms with Crippen LogP contribution < -0.4 is 5.73 Å². The Morgan fingerprint density at radius 3 is 2.75 bits per heavy atom. The lowest BCUT2D eigenvalue weighted by Crippen LogP contribution is -2.42. The largest absolute Gasteiger partial charge is 0.370 e. The van der Waals surface area contributed by atoms with Gasteiger partial charge in [-0.2, -0.15) is 0 Å². The summed E-state index contributed by atoms with van der Waals surface area (Å²) in [7, 11) is 0. The molecule has 3 rings (SSSR count). The van der Waals surface area contributed by atoms with Crippen LogP contribution in [-0.4, -0.2) is 41.4 Å². The van der Waals surface area contributed by atoms with E-state index >= 15 is 0 Å². The highest BCUT2D eigenvalue weighted by atomic mass is 16.5. The zero-order valence-electron chi connectivity index (χ0n) is 13.8. The van der Waals surface area contributed by atoms with Crippen LogP contribution in [0.25, 0.3) is 0 Å². The normalized spacial score (nSPS) is 17.8. The Hall–Kier alpha value is -2.60. The van der Waals surface area contributed by atoms with E-state index in [9.17, 15) is 9.59 Å². The first-order valence-corrected chi connectivity index (χ1v) is 7.92. The maximum atomic E-state index is 12.6. The van der Waals surface area contributed by atoms with E-state index in [0.29, 0.717) is 31.0 Å². The van der Waals surface area contributed by atoms with Crippen LogP contribution in [0.1, 0.15) is 43.6 Å². The van der Waals surface area contributed by atoms with Gasteiger partial charge >= 0.3 is 0 Å². The Bertz CT molecular complexity index is 782. The molecule has 6 heteroatoms. The third-order valence-electron chi connectivity index (χ3n) is 4.32. The molecule has 1 aromatic carbocycles. The molecule has 0 spiro atoms. The lowest BCUT2D eigenvalue weighted by Gasteiger charge is -2.33. The van der Waals surface area contributed by atoms with Gasteiger partial charge in [-0.3, -0.25) is 9.59 Å². The number of nitrogens with one attached hydrogen (secondary N) is 1. The van der Waals surface area contributed by atoms with Gasteiger partial charge in [-0.15, -0.1) is 0 Å². The Balaban J connectivity index is 1.77. The van der Waals surface area contributed by atoms with E-state index in [1.807, 2.05) is 0 Å². The van der Waals surface area contributed by atoms with Gasteiger partial charge in [0.25, 0.3) is 5.91 Å². The fourth-order valence-electron chi connectivity index (χ4n) is 3.04. The number of carbonyl (C=O) groups excluding carboxylic acids is 2. The summed E-state index contributed by atoms with van der Waals surface area (Å²) < 4.78 is 5.87. The molecule has 24 heavy (non-hydrogen) atoms. The van der Waals surface area contributed by atoms with E-state index < -0.39 is 5.91 Å². The second-order valence-corrected chi connectivity index (χ2v) is 6.14. The summed E-state index contributed by atoms with van der Waals surface area (Å²) in [6.07, 6.45) is 1.31. The molecule has 2 heterocycles. The highest BCUT2D eigenvalue weighted by Crippen LogP contribution is 2.26. The molecule has 1 atom stereocenters. The third kappa shape index (κ3) is 3.19. The molecule has 126 valence electrons. The number of benzene rings is 1. The van der Waals surface area contributed by atoms with Gasteiger partial charge in [-0.05, 0) is 31.0 Å². The number of aromatic amines is 1. The first-order valence-electron chi connectivity index (χ1n) is 7.92. The summed E-state index contributed by atoms with van der Waals surface area (Å²) in [4.78, 5) is 28.4. The molecule has 1 aliphatic rings. The molecule has 0 aliphatic carbocycles. The van der Waals surface area contributed by atoms with Gasteiger partial charge in [0.2, 0.25) is 5.91 Å². The highest BCUT2D eigenvalue weighted by Gasteiger charge is 2.27. The zero-order chi connectivity index (χ0) is 17.3. The van der Waals surface area contributed by atoms with Crippen LogP contribution in [0.5, 0.6) is 0 Å². The van der Waals surface area contributed by atoms with Gasteiger partial charge in [-0.25, -0.2) is 0 Å². The molecule has 0 bridgehead atoms. The van der Waals surface area contributed by atoms with Crippen LogP contribution in [0.4, 0.5) is 0 Å². The predicted octanol–water partition coefficient (Wildman–Crippen LogP) is 1.94. The van der Waals surface area contributed by atoms with Crippen molar-refractivity contribution in [1.82, 2.24) is 9.88 Å². The van der Waals surface area contributed by atoms with Crippen LogP contribution >= 0.6 is 0 Å². The topological polar surface area (TPSA) is 88.4 Å². The number of primary amides is 1. The molecule has 1 aliphatic heterocycles. The molecule has 0 saturated carbocycles. The minimum atomic E-state index is -0.555. The number of hydrogen-bond acceptors (Lipinski definition) is 3. The van der Waals surface area contributed by atoms with E-state index in [1.54, 1.807) is 4.90 Å². The summed E-state index contributed by atoms with van der Waals surface area (Å²) >= 11 is 0. The molecular weight excluding hydrogens is 306 g/mol. The quantitative estimate of drug-likeness (QED) is 0.903. The van der Waals surface area contributed by atoms with Crippen molar-refractivity contribution >= 4 is 11.8 Å². The van der Waals surface area contributed by atoms with E-state index in [4.69, 9.17) is 10.5 Å². The number of ether oxygens (including phenoxy) is 1. The van der Waals surface area contributed by atoms with Crippen LogP contribution in [0.2, 0.25) is 0 Å².